The summed E-state index contributed by atoms with van der Waals surface area (Å²) in [6.07, 6.45) is 0.536. The highest BCUT2D eigenvalue weighted by molar-refractivity contribution is 7.05. The highest BCUT2D eigenvalue weighted by Crippen LogP contribution is 2.21. The van der Waals surface area contributed by atoms with Crippen LogP contribution in [0.15, 0.2) is 54.6 Å². The van der Waals surface area contributed by atoms with Gasteiger partial charge >= 0.3 is 5.97 Å². The average molecular weight is 296 g/mol. The van der Waals surface area contributed by atoms with Crippen molar-refractivity contribution in [3.05, 3.63) is 70.7 Å². The first kappa shape index (κ1) is 13.5. The molecule has 1 heterocycles. The van der Waals surface area contributed by atoms with Gasteiger partial charge in [-0.15, -0.1) is 5.10 Å². The lowest BCUT2D eigenvalue weighted by molar-refractivity contribution is 0.0689. The standard InChI is InChI=1S/C16H12N2O2S/c19-16(20)15-14(21-18-17-15)10-11-6-8-13(9-7-11)12-4-2-1-3-5-12/h1-9H,10H2,(H,19,20). The predicted molar refractivity (Wildman–Crippen MR) is 81.6 cm³/mol. The van der Waals surface area contributed by atoms with Crippen molar-refractivity contribution in [2.24, 2.45) is 0 Å². The van der Waals surface area contributed by atoms with Gasteiger partial charge in [0.15, 0.2) is 5.69 Å². The van der Waals surface area contributed by atoms with Gasteiger partial charge in [-0.25, -0.2) is 4.79 Å². The maximum Gasteiger partial charge on any atom is 0.357 e. The third-order valence-electron chi connectivity index (χ3n) is 3.18. The first-order valence-electron chi connectivity index (χ1n) is 6.43. The van der Waals surface area contributed by atoms with Crippen LogP contribution in [0.4, 0.5) is 0 Å². The van der Waals surface area contributed by atoms with Crippen molar-refractivity contribution < 1.29 is 9.90 Å². The van der Waals surface area contributed by atoms with E-state index < -0.39 is 5.97 Å². The Labute approximate surface area is 125 Å². The summed E-state index contributed by atoms with van der Waals surface area (Å²) >= 11 is 1.13. The summed E-state index contributed by atoms with van der Waals surface area (Å²) in [4.78, 5) is 11.7. The molecular weight excluding hydrogens is 284 g/mol. The number of carboxylic acids is 1. The Morgan fingerprint density at radius 2 is 1.67 bits per heavy atom. The van der Waals surface area contributed by atoms with Gasteiger partial charge in [0.25, 0.3) is 0 Å². The van der Waals surface area contributed by atoms with Crippen molar-refractivity contribution in [2.75, 3.05) is 0 Å². The summed E-state index contributed by atoms with van der Waals surface area (Å²) in [5, 5.41) is 12.7. The predicted octanol–water partition coefficient (Wildman–Crippen LogP) is 3.49. The normalized spacial score (nSPS) is 10.5. The summed E-state index contributed by atoms with van der Waals surface area (Å²) < 4.78 is 3.72. The molecule has 0 radical (unpaired) electrons. The van der Waals surface area contributed by atoms with E-state index in [-0.39, 0.29) is 5.69 Å². The molecule has 3 rings (SSSR count). The van der Waals surface area contributed by atoms with Crippen molar-refractivity contribution in [2.45, 2.75) is 6.42 Å². The summed E-state index contributed by atoms with van der Waals surface area (Å²) in [6.45, 7) is 0. The van der Waals surface area contributed by atoms with Gasteiger partial charge in [-0.05, 0) is 28.2 Å². The Morgan fingerprint density at radius 3 is 2.33 bits per heavy atom. The number of hydrogen-bond acceptors (Lipinski definition) is 4. The van der Waals surface area contributed by atoms with Crippen molar-refractivity contribution in [3.8, 4) is 11.1 Å². The molecule has 0 unspecified atom stereocenters. The van der Waals surface area contributed by atoms with Crippen molar-refractivity contribution in [3.63, 3.8) is 0 Å². The smallest absolute Gasteiger partial charge is 0.357 e. The molecule has 0 fully saturated rings. The number of carboxylic acid groups (broad SMARTS) is 1. The minimum absolute atomic E-state index is 0.0483. The van der Waals surface area contributed by atoms with Crippen molar-refractivity contribution in [1.82, 2.24) is 9.59 Å². The van der Waals surface area contributed by atoms with Crippen LogP contribution in [-0.2, 0) is 6.42 Å². The lowest BCUT2D eigenvalue weighted by Gasteiger charge is -2.04. The van der Waals surface area contributed by atoms with E-state index in [9.17, 15) is 4.79 Å². The third kappa shape index (κ3) is 2.98. The highest BCUT2D eigenvalue weighted by Gasteiger charge is 2.15. The lowest BCUT2D eigenvalue weighted by Crippen LogP contribution is -2.01. The lowest BCUT2D eigenvalue weighted by atomic mass is 10.0. The first-order valence-corrected chi connectivity index (χ1v) is 7.20. The second-order valence-corrected chi connectivity index (χ2v) is 5.43. The minimum atomic E-state index is -1.03. The molecule has 5 heteroatoms. The van der Waals surface area contributed by atoms with Gasteiger partial charge in [0.2, 0.25) is 0 Å². The number of aromatic nitrogens is 2. The molecule has 104 valence electrons. The Morgan fingerprint density at radius 1 is 1.00 bits per heavy atom. The van der Waals surface area contributed by atoms with E-state index in [0.29, 0.717) is 11.3 Å². The number of rotatable bonds is 4. The van der Waals surface area contributed by atoms with Crippen LogP contribution in [0.1, 0.15) is 20.9 Å². The molecule has 1 N–H and O–H groups in total. The van der Waals surface area contributed by atoms with Crippen LogP contribution in [0.25, 0.3) is 11.1 Å². The van der Waals surface area contributed by atoms with Gasteiger partial charge in [0.05, 0.1) is 4.88 Å². The van der Waals surface area contributed by atoms with E-state index in [1.54, 1.807) is 0 Å². The molecule has 0 saturated heterocycles. The number of benzene rings is 2. The largest absolute Gasteiger partial charge is 0.476 e. The molecule has 2 aromatic carbocycles. The Kier molecular flexibility index (Phi) is 3.75. The minimum Gasteiger partial charge on any atom is -0.476 e. The second kappa shape index (κ2) is 5.85. The Bertz CT molecular complexity index is 751. The fourth-order valence-corrected chi connectivity index (χ4v) is 2.79. The van der Waals surface area contributed by atoms with E-state index in [4.69, 9.17) is 5.11 Å². The molecular formula is C16H12N2O2S. The molecule has 0 bridgehead atoms. The summed E-state index contributed by atoms with van der Waals surface area (Å²) in [5.41, 5.74) is 3.39. The van der Waals surface area contributed by atoms with Crippen LogP contribution >= 0.6 is 11.5 Å². The molecule has 0 spiro atoms. The third-order valence-corrected chi connectivity index (χ3v) is 3.91. The van der Waals surface area contributed by atoms with Crippen LogP contribution in [0, 0.1) is 0 Å². The number of carbonyl (C=O) groups is 1. The van der Waals surface area contributed by atoms with Crippen LogP contribution in [0.3, 0.4) is 0 Å². The van der Waals surface area contributed by atoms with Crippen molar-refractivity contribution >= 4 is 17.5 Å². The molecule has 3 aromatic rings. The molecule has 0 aliphatic heterocycles. The molecule has 4 nitrogen and oxygen atoms in total. The van der Waals surface area contributed by atoms with Crippen LogP contribution in [-0.4, -0.2) is 20.7 Å². The number of aromatic carboxylic acids is 1. The quantitative estimate of drug-likeness (QED) is 0.800. The topological polar surface area (TPSA) is 63.1 Å². The zero-order valence-corrected chi connectivity index (χ0v) is 11.9. The van der Waals surface area contributed by atoms with E-state index in [1.807, 2.05) is 42.5 Å². The van der Waals surface area contributed by atoms with Crippen LogP contribution < -0.4 is 0 Å². The Balaban J connectivity index is 1.82. The zero-order chi connectivity index (χ0) is 14.7. The molecule has 0 aliphatic rings. The molecule has 0 amide bonds. The van der Waals surface area contributed by atoms with E-state index in [2.05, 4.69) is 21.7 Å². The highest BCUT2D eigenvalue weighted by atomic mass is 32.1. The maximum absolute atomic E-state index is 11.0. The fraction of sp³-hybridized carbons (Fsp3) is 0.0625. The van der Waals surface area contributed by atoms with E-state index in [0.717, 1.165) is 28.2 Å². The molecule has 21 heavy (non-hydrogen) atoms. The van der Waals surface area contributed by atoms with Crippen molar-refractivity contribution in [1.29, 1.82) is 0 Å². The van der Waals surface area contributed by atoms with Gasteiger partial charge in [0.1, 0.15) is 0 Å². The SMILES string of the molecule is O=C(O)c1nnsc1Cc1ccc(-c2ccccc2)cc1. The van der Waals surface area contributed by atoms with Gasteiger partial charge in [-0.2, -0.15) is 0 Å². The average Bonchev–Trinajstić information content (AvgIpc) is 2.97. The van der Waals surface area contributed by atoms with Gasteiger partial charge < -0.3 is 5.11 Å². The molecule has 0 atom stereocenters. The summed E-state index contributed by atoms with van der Waals surface area (Å²) in [6, 6.07) is 18.2. The first-order chi connectivity index (χ1) is 10.2. The molecule has 0 saturated carbocycles. The second-order valence-electron chi connectivity index (χ2n) is 4.59. The van der Waals surface area contributed by atoms with Gasteiger partial charge in [-0.1, -0.05) is 59.1 Å². The van der Waals surface area contributed by atoms with E-state index in [1.165, 1.54) is 0 Å². The monoisotopic (exact) mass is 296 g/mol. The number of nitrogens with zero attached hydrogens (tertiary/aromatic N) is 2. The van der Waals surface area contributed by atoms with Gasteiger partial charge in [0, 0.05) is 6.42 Å². The molecule has 1 aromatic heterocycles. The Hall–Kier alpha value is -2.53. The van der Waals surface area contributed by atoms with Gasteiger partial charge in [-0.3, -0.25) is 0 Å². The van der Waals surface area contributed by atoms with Crippen LogP contribution in [0.2, 0.25) is 0 Å². The molecule has 0 aliphatic carbocycles. The summed E-state index contributed by atoms with van der Waals surface area (Å²) in [5.74, 6) is -1.03. The maximum atomic E-state index is 11.0. The summed E-state index contributed by atoms with van der Waals surface area (Å²) in [7, 11) is 0. The van der Waals surface area contributed by atoms with E-state index >= 15 is 0 Å². The zero-order valence-electron chi connectivity index (χ0n) is 11.1. The van der Waals surface area contributed by atoms with Crippen LogP contribution in [0.5, 0.6) is 0 Å². The fourth-order valence-electron chi connectivity index (χ4n) is 2.12. The number of hydrogen-bond donors (Lipinski definition) is 1.